The fourth-order valence-corrected chi connectivity index (χ4v) is 1.70. The van der Waals surface area contributed by atoms with Crippen molar-refractivity contribution in [1.82, 2.24) is 0 Å². The van der Waals surface area contributed by atoms with Crippen LogP contribution in [0.2, 0.25) is 0 Å². The SMILES string of the molecule is COc1cc(S(=O)(=O)F)cc([N+](=O)[O-])c1OC. The van der Waals surface area contributed by atoms with Crippen LogP contribution < -0.4 is 9.47 Å². The zero-order valence-electron chi connectivity index (χ0n) is 8.84. The Labute approximate surface area is 96.1 Å². The number of methoxy groups -OCH3 is 2. The predicted molar refractivity (Wildman–Crippen MR) is 54.5 cm³/mol. The first-order chi connectivity index (χ1) is 7.81. The second-order valence-electron chi connectivity index (χ2n) is 2.87. The minimum absolute atomic E-state index is 0.238. The van der Waals surface area contributed by atoms with Crippen LogP contribution in [0, 0.1) is 10.1 Å². The van der Waals surface area contributed by atoms with Gasteiger partial charge in [-0.25, -0.2) is 0 Å². The van der Waals surface area contributed by atoms with Crippen LogP contribution in [0.5, 0.6) is 11.5 Å². The van der Waals surface area contributed by atoms with Crippen molar-refractivity contribution in [2.45, 2.75) is 4.90 Å². The van der Waals surface area contributed by atoms with Crippen molar-refractivity contribution in [2.24, 2.45) is 0 Å². The molecule has 0 aliphatic carbocycles. The molecule has 0 aromatic heterocycles. The van der Waals surface area contributed by atoms with Crippen LogP contribution in [0.3, 0.4) is 0 Å². The standard InChI is InChI=1S/C8H8FNO6S/c1-15-7-4-5(17(9,13)14)3-6(10(11)12)8(7)16-2/h3-4H,1-2H3. The topological polar surface area (TPSA) is 95.7 Å². The van der Waals surface area contributed by atoms with Gasteiger partial charge in [0, 0.05) is 12.1 Å². The van der Waals surface area contributed by atoms with Gasteiger partial charge >= 0.3 is 15.9 Å². The van der Waals surface area contributed by atoms with E-state index in [0.717, 1.165) is 20.3 Å². The summed E-state index contributed by atoms with van der Waals surface area (Å²) < 4.78 is 43.6. The Morgan fingerprint density at radius 2 is 1.88 bits per heavy atom. The van der Waals surface area contributed by atoms with Crippen LogP contribution in [-0.4, -0.2) is 27.6 Å². The van der Waals surface area contributed by atoms with Gasteiger partial charge in [-0.3, -0.25) is 10.1 Å². The molecule has 0 unspecified atom stereocenters. The minimum atomic E-state index is -5.06. The van der Waals surface area contributed by atoms with Gasteiger partial charge in [-0.15, -0.1) is 3.89 Å². The van der Waals surface area contributed by atoms with Crippen molar-refractivity contribution in [2.75, 3.05) is 14.2 Å². The van der Waals surface area contributed by atoms with Crippen molar-refractivity contribution in [1.29, 1.82) is 0 Å². The molecule has 0 aliphatic rings. The molecule has 1 aromatic rings. The normalized spacial score (nSPS) is 11.0. The summed E-state index contributed by atoms with van der Waals surface area (Å²) in [4.78, 5) is 8.93. The van der Waals surface area contributed by atoms with Crippen molar-refractivity contribution in [3.63, 3.8) is 0 Å². The van der Waals surface area contributed by atoms with Crippen molar-refractivity contribution < 1.29 is 26.7 Å². The fraction of sp³-hybridized carbons (Fsp3) is 0.250. The van der Waals surface area contributed by atoms with E-state index in [0.29, 0.717) is 6.07 Å². The number of ether oxygens (including phenoxy) is 2. The van der Waals surface area contributed by atoms with Gasteiger partial charge in [0.2, 0.25) is 5.75 Å². The fourth-order valence-electron chi connectivity index (χ4n) is 1.20. The Morgan fingerprint density at radius 3 is 2.24 bits per heavy atom. The number of hydrogen-bond acceptors (Lipinski definition) is 6. The zero-order chi connectivity index (χ0) is 13.2. The lowest BCUT2D eigenvalue weighted by atomic mass is 10.2. The largest absolute Gasteiger partial charge is 0.493 e. The first-order valence-electron chi connectivity index (χ1n) is 4.16. The maximum absolute atomic E-state index is 12.8. The van der Waals surface area contributed by atoms with E-state index in [9.17, 15) is 22.4 Å². The average molecular weight is 265 g/mol. The predicted octanol–water partition coefficient (Wildman–Crippen LogP) is 1.27. The summed E-state index contributed by atoms with van der Waals surface area (Å²) in [6.07, 6.45) is 0. The number of nitrogens with zero attached hydrogens (tertiary/aromatic N) is 1. The Bertz CT molecular complexity index is 555. The van der Waals surface area contributed by atoms with Gasteiger partial charge < -0.3 is 9.47 Å². The second kappa shape index (κ2) is 4.53. The summed E-state index contributed by atoms with van der Waals surface area (Å²) in [6.45, 7) is 0. The highest BCUT2D eigenvalue weighted by Crippen LogP contribution is 2.39. The third kappa shape index (κ3) is 2.61. The number of halogens is 1. The molecule has 1 aromatic carbocycles. The lowest BCUT2D eigenvalue weighted by Gasteiger charge is -2.08. The van der Waals surface area contributed by atoms with Crippen LogP contribution in [0.15, 0.2) is 17.0 Å². The van der Waals surface area contributed by atoms with E-state index in [2.05, 4.69) is 0 Å². The molecule has 17 heavy (non-hydrogen) atoms. The average Bonchev–Trinajstić information content (AvgIpc) is 2.25. The number of nitro groups is 1. The van der Waals surface area contributed by atoms with Crippen LogP contribution in [0.1, 0.15) is 0 Å². The van der Waals surface area contributed by atoms with Crippen LogP contribution in [0.25, 0.3) is 0 Å². The van der Waals surface area contributed by atoms with E-state index in [4.69, 9.17) is 9.47 Å². The molecule has 0 spiro atoms. The number of hydrogen-bond donors (Lipinski definition) is 0. The van der Waals surface area contributed by atoms with E-state index >= 15 is 0 Å². The van der Waals surface area contributed by atoms with Crippen molar-refractivity contribution >= 4 is 15.9 Å². The van der Waals surface area contributed by atoms with Crippen LogP contribution >= 0.6 is 0 Å². The molecule has 0 atom stereocenters. The maximum Gasteiger partial charge on any atom is 0.332 e. The molecular weight excluding hydrogens is 257 g/mol. The Hall–Kier alpha value is -1.90. The monoisotopic (exact) mass is 265 g/mol. The third-order valence-electron chi connectivity index (χ3n) is 1.91. The lowest BCUT2D eigenvalue weighted by molar-refractivity contribution is -0.386. The molecule has 0 saturated heterocycles. The molecule has 7 nitrogen and oxygen atoms in total. The second-order valence-corrected chi connectivity index (χ2v) is 4.22. The molecular formula is C8H8FNO6S. The molecule has 0 aliphatic heterocycles. The van der Waals surface area contributed by atoms with Crippen molar-refractivity contribution in [3.8, 4) is 11.5 Å². The van der Waals surface area contributed by atoms with E-state index in [-0.39, 0.29) is 11.5 Å². The van der Waals surface area contributed by atoms with E-state index in [1.165, 1.54) is 0 Å². The van der Waals surface area contributed by atoms with Gasteiger partial charge in [-0.1, -0.05) is 0 Å². The minimum Gasteiger partial charge on any atom is -0.493 e. The lowest BCUT2D eigenvalue weighted by Crippen LogP contribution is -2.01. The number of benzene rings is 1. The summed E-state index contributed by atoms with van der Waals surface area (Å²) in [5, 5.41) is 10.7. The number of nitro benzene ring substituents is 1. The van der Waals surface area contributed by atoms with Gasteiger partial charge in [0.25, 0.3) is 0 Å². The molecule has 0 fully saturated rings. The van der Waals surface area contributed by atoms with Gasteiger partial charge in [0.1, 0.15) is 4.90 Å². The first kappa shape index (κ1) is 13.2. The zero-order valence-corrected chi connectivity index (χ0v) is 9.65. The molecule has 0 bridgehead atoms. The van der Waals surface area contributed by atoms with Crippen LogP contribution in [-0.2, 0) is 10.2 Å². The molecule has 0 heterocycles. The van der Waals surface area contributed by atoms with Crippen LogP contribution in [0.4, 0.5) is 9.57 Å². The molecule has 0 saturated carbocycles. The summed E-state index contributed by atoms with van der Waals surface area (Å²) in [7, 11) is -2.76. The molecule has 9 heteroatoms. The summed E-state index contributed by atoms with van der Waals surface area (Å²) in [6, 6.07) is 1.37. The summed E-state index contributed by atoms with van der Waals surface area (Å²) in [5.74, 6) is -0.511. The third-order valence-corrected chi connectivity index (χ3v) is 2.71. The van der Waals surface area contributed by atoms with E-state index in [1.54, 1.807) is 0 Å². The Balaban J connectivity index is 3.63. The highest BCUT2D eigenvalue weighted by Gasteiger charge is 2.26. The summed E-state index contributed by atoms with van der Waals surface area (Å²) >= 11 is 0. The quantitative estimate of drug-likeness (QED) is 0.462. The van der Waals surface area contributed by atoms with Gasteiger partial charge in [0.15, 0.2) is 5.75 Å². The maximum atomic E-state index is 12.8. The van der Waals surface area contributed by atoms with Gasteiger partial charge in [-0.05, 0) is 0 Å². The summed E-state index contributed by atoms with van der Waals surface area (Å²) in [5.41, 5.74) is -0.692. The number of rotatable bonds is 4. The molecule has 0 radical (unpaired) electrons. The highest BCUT2D eigenvalue weighted by atomic mass is 32.3. The molecule has 94 valence electrons. The highest BCUT2D eigenvalue weighted by molar-refractivity contribution is 7.86. The molecule has 0 amide bonds. The van der Waals surface area contributed by atoms with Crippen molar-refractivity contribution in [3.05, 3.63) is 22.2 Å². The van der Waals surface area contributed by atoms with E-state index < -0.39 is 25.7 Å². The molecule has 0 N–H and O–H groups in total. The van der Waals surface area contributed by atoms with Gasteiger partial charge in [-0.2, -0.15) is 8.42 Å². The Morgan fingerprint density at radius 1 is 1.29 bits per heavy atom. The first-order valence-corrected chi connectivity index (χ1v) is 5.54. The Kier molecular flexibility index (Phi) is 3.51. The van der Waals surface area contributed by atoms with E-state index in [1.807, 2.05) is 0 Å². The molecule has 1 rings (SSSR count). The van der Waals surface area contributed by atoms with Gasteiger partial charge in [0.05, 0.1) is 19.1 Å². The smallest absolute Gasteiger partial charge is 0.332 e.